The van der Waals surface area contributed by atoms with Gasteiger partial charge in [-0.15, -0.1) is 0 Å². The summed E-state index contributed by atoms with van der Waals surface area (Å²) in [5, 5.41) is 0. The normalized spacial score (nSPS) is 59.0. The Morgan fingerprint density at radius 2 is 1.85 bits per heavy atom. The van der Waals surface area contributed by atoms with Crippen LogP contribution in [-0.2, 0) is 14.3 Å². The molecule has 2 aliphatic carbocycles. The van der Waals surface area contributed by atoms with Crippen molar-refractivity contribution >= 4 is 5.78 Å². The van der Waals surface area contributed by atoms with Crippen LogP contribution in [0.4, 0.5) is 0 Å². The molecule has 5 saturated heterocycles. The Morgan fingerprint density at radius 3 is 2.65 bits per heavy atom. The van der Waals surface area contributed by atoms with Crippen molar-refractivity contribution in [3.8, 4) is 0 Å². The van der Waals surface area contributed by atoms with Crippen molar-refractivity contribution in [1.29, 1.82) is 0 Å². The van der Waals surface area contributed by atoms with Gasteiger partial charge in [-0.1, -0.05) is 27.2 Å². The van der Waals surface area contributed by atoms with Crippen LogP contribution in [0.2, 0.25) is 0 Å². The Bertz CT molecular complexity index is 903. The summed E-state index contributed by atoms with van der Waals surface area (Å²) < 4.78 is 12.4. The van der Waals surface area contributed by atoms with Gasteiger partial charge in [-0.2, -0.15) is 0 Å². The van der Waals surface area contributed by atoms with E-state index in [0.717, 1.165) is 49.4 Å². The fourth-order valence-electron chi connectivity index (χ4n) is 11.6. The molecule has 0 aromatic rings. The number of carbonyl (C=O) groups is 1. The van der Waals surface area contributed by atoms with Crippen LogP contribution in [0.3, 0.4) is 0 Å². The second-order valence-electron chi connectivity index (χ2n) is 14.7. The lowest BCUT2D eigenvalue weighted by atomic mass is 9.42. The zero-order valence-corrected chi connectivity index (χ0v) is 22.3. The van der Waals surface area contributed by atoms with Gasteiger partial charge in [-0.05, 0) is 99.7 Å². The van der Waals surface area contributed by atoms with Crippen LogP contribution in [-0.4, -0.2) is 47.3 Å². The Kier molecular flexibility index (Phi) is 4.61. The van der Waals surface area contributed by atoms with E-state index in [9.17, 15) is 4.79 Å². The predicted octanol–water partition coefficient (Wildman–Crippen LogP) is 5.97. The minimum atomic E-state index is -0.473. The number of piperidine rings is 2. The van der Waals surface area contributed by atoms with Crippen molar-refractivity contribution in [2.24, 2.45) is 39.9 Å². The number of Topliss-reactive ketones (excluding diaryl/α,β-unsaturated/α-hetero) is 1. The van der Waals surface area contributed by atoms with E-state index in [-0.39, 0.29) is 6.10 Å². The summed E-state index contributed by atoms with van der Waals surface area (Å²) in [6.07, 6.45) is 13.6. The smallest absolute Gasteiger partial charge is 0.166 e. The number of fused-ring (bicyclic) bond motifs is 4. The number of ketones is 1. The molecular weight excluding hydrogens is 422 g/mol. The highest BCUT2D eigenvalue weighted by Gasteiger charge is 2.79. The molecule has 5 heterocycles. The van der Waals surface area contributed by atoms with E-state index in [0.29, 0.717) is 34.8 Å². The van der Waals surface area contributed by atoms with E-state index in [1.54, 1.807) is 0 Å². The molecule has 0 aromatic carbocycles. The lowest BCUT2D eigenvalue weighted by Gasteiger charge is -2.67. The molecule has 34 heavy (non-hydrogen) atoms. The van der Waals surface area contributed by atoms with E-state index < -0.39 is 11.2 Å². The van der Waals surface area contributed by atoms with E-state index in [2.05, 4.69) is 39.5 Å². The molecule has 1 spiro atoms. The number of nitrogens with zero attached hydrogens (tertiary/aromatic N) is 1. The quantitative estimate of drug-likeness (QED) is 0.497. The van der Waals surface area contributed by atoms with Crippen molar-refractivity contribution in [3.63, 3.8) is 0 Å². The van der Waals surface area contributed by atoms with Gasteiger partial charge in [0.05, 0.1) is 18.1 Å². The molecule has 0 aromatic heterocycles. The first kappa shape index (κ1) is 22.7. The van der Waals surface area contributed by atoms with Crippen molar-refractivity contribution in [3.05, 3.63) is 0 Å². The Morgan fingerprint density at radius 1 is 1.03 bits per heavy atom. The summed E-state index contributed by atoms with van der Waals surface area (Å²) in [7, 11) is 0. The molecule has 7 aliphatic rings. The number of carbonyl (C=O) groups excluding carboxylic acids is 1. The summed E-state index contributed by atoms with van der Waals surface area (Å²) in [5.74, 6) is 3.11. The third-order valence-electron chi connectivity index (χ3n) is 13.4. The number of hydrogen-bond donors (Lipinski definition) is 0. The summed E-state index contributed by atoms with van der Waals surface area (Å²) in [6, 6.07) is 0.697. The molecule has 1 unspecified atom stereocenters. The van der Waals surface area contributed by atoms with Crippen molar-refractivity contribution in [2.45, 2.75) is 129 Å². The largest absolute Gasteiger partial charge is 0.349 e. The zero-order chi connectivity index (χ0) is 23.7. The van der Waals surface area contributed by atoms with Crippen LogP contribution in [0.15, 0.2) is 0 Å². The number of rotatable bonds is 5. The van der Waals surface area contributed by atoms with E-state index in [4.69, 9.17) is 9.47 Å². The lowest BCUT2D eigenvalue weighted by Crippen LogP contribution is -2.68. The second-order valence-corrected chi connectivity index (χ2v) is 14.7. The SMILES string of the molecule is CC(C)[C@@H]1CC[C@@]2(C)[C@H]3CC[C@]45CCC[C@H]4[C@@]2(CCC(=O)[C@@]2(C)CO[C@@]4(C)CC[C@H]2O4)[C@H]1N5C3. The highest BCUT2D eigenvalue weighted by molar-refractivity contribution is 5.85. The van der Waals surface area contributed by atoms with Gasteiger partial charge < -0.3 is 9.47 Å². The van der Waals surface area contributed by atoms with E-state index >= 15 is 0 Å². The van der Waals surface area contributed by atoms with Crippen LogP contribution >= 0.6 is 0 Å². The highest BCUT2D eigenvalue weighted by Crippen LogP contribution is 2.79. The first-order valence-electron chi connectivity index (χ1n) is 14.7. The van der Waals surface area contributed by atoms with Crippen molar-refractivity contribution in [2.75, 3.05) is 13.2 Å². The molecule has 0 N–H and O–H groups in total. The first-order valence-corrected chi connectivity index (χ1v) is 14.7. The molecule has 4 nitrogen and oxygen atoms in total. The van der Waals surface area contributed by atoms with Crippen LogP contribution in [0, 0.1) is 39.9 Å². The van der Waals surface area contributed by atoms with Crippen LogP contribution < -0.4 is 0 Å². The van der Waals surface area contributed by atoms with Gasteiger partial charge in [-0.25, -0.2) is 0 Å². The first-order chi connectivity index (χ1) is 16.1. The number of hydrogen-bond acceptors (Lipinski definition) is 4. The van der Waals surface area contributed by atoms with Gasteiger partial charge in [0.1, 0.15) is 5.78 Å². The van der Waals surface area contributed by atoms with Crippen LogP contribution in [0.1, 0.15) is 105 Å². The Hall–Kier alpha value is -0.450. The topological polar surface area (TPSA) is 38.8 Å². The average Bonchev–Trinajstić information content (AvgIpc) is 3.41. The molecule has 7 bridgehead atoms. The maximum Gasteiger partial charge on any atom is 0.166 e. The van der Waals surface area contributed by atoms with Gasteiger partial charge in [0, 0.05) is 31.0 Å². The van der Waals surface area contributed by atoms with E-state index in [1.165, 1.54) is 51.5 Å². The van der Waals surface area contributed by atoms with Gasteiger partial charge in [0.2, 0.25) is 0 Å². The van der Waals surface area contributed by atoms with E-state index in [1.807, 2.05) is 0 Å². The molecule has 4 heteroatoms. The molecule has 5 aliphatic heterocycles. The van der Waals surface area contributed by atoms with Crippen molar-refractivity contribution in [1.82, 2.24) is 4.90 Å². The summed E-state index contributed by atoms with van der Waals surface area (Å²) >= 11 is 0. The van der Waals surface area contributed by atoms with Crippen molar-refractivity contribution < 1.29 is 14.3 Å². The second kappa shape index (κ2) is 6.90. The molecule has 2 saturated carbocycles. The Balaban J connectivity index is 1.26. The maximum atomic E-state index is 14.1. The minimum Gasteiger partial charge on any atom is -0.349 e. The summed E-state index contributed by atoms with van der Waals surface area (Å²) in [6.45, 7) is 13.7. The third kappa shape index (κ3) is 2.45. The minimum absolute atomic E-state index is 0.0372. The van der Waals surface area contributed by atoms with Gasteiger partial charge >= 0.3 is 0 Å². The third-order valence-corrected chi connectivity index (χ3v) is 13.4. The molecule has 11 atom stereocenters. The number of ether oxygens (including phenoxy) is 2. The molecule has 7 rings (SSSR count). The standard InChI is InChI=1S/C30H47NO3/c1-19(2)21-9-13-27(4)20-8-15-29-12-6-7-22(29)30(27,25(21)31(29)17-20)16-10-23(32)26(3)18-33-28(5)14-11-24(26)34-28/h19-22,24-25H,6-18H2,1-5H3/t20-,21-,22+,24+,25-,26+,27-,28+,29+,30-/m0/s1. The molecule has 7 fully saturated rings. The fraction of sp³-hybridized carbons (Fsp3) is 0.967. The lowest BCUT2D eigenvalue weighted by molar-refractivity contribution is -0.282. The Labute approximate surface area is 206 Å². The highest BCUT2D eigenvalue weighted by atomic mass is 16.7. The molecular formula is C30H47NO3. The maximum absolute atomic E-state index is 14.1. The van der Waals surface area contributed by atoms with Gasteiger partial charge in [0.25, 0.3) is 0 Å². The molecule has 0 radical (unpaired) electrons. The molecule has 190 valence electrons. The predicted molar refractivity (Wildman–Crippen MR) is 132 cm³/mol. The summed E-state index contributed by atoms with van der Waals surface area (Å²) in [4.78, 5) is 17.2. The monoisotopic (exact) mass is 469 g/mol. The molecule has 0 amide bonds. The van der Waals surface area contributed by atoms with Crippen LogP contribution in [0.25, 0.3) is 0 Å². The van der Waals surface area contributed by atoms with Gasteiger partial charge in [-0.3, -0.25) is 9.69 Å². The fourth-order valence-corrected chi connectivity index (χ4v) is 11.6. The average molecular weight is 470 g/mol. The van der Waals surface area contributed by atoms with Gasteiger partial charge in [0.15, 0.2) is 5.79 Å². The zero-order valence-electron chi connectivity index (χ0n) is 22.3. The summed E-state index contributed by atoms with van der Waals surface area (Å²) in [5.41, 5.74) is 0.704. The van der Waals surface area contributed by atoms with Crippen LogP contribution in [0.5, 0.6) is 0 Å².